The first-order valence-electron chi connectivity index (χ1n) is 12.4. The second-order valence-electron chi connectivity index (χ2n) is 9.87. The number of hydrogen-bond donors (Lipinski definition) is 2. The summed E-state index contributed by atoms with van der Waals surface area (Å²) in [5.41, 5.74) is 1.53. The maximum Gasteiger partial charge on any atom is 0.408 e. The van der Waals surface area contributed by atoms with Gasteiger partial charge in [0, 0.05) is 24.2 Å². The predicted octanol–water partition coefficient (Wildman–Crippen LogP) is 5.77. The minimum absolute atomic E-state index is 0.381. The van der Waals surface area contributed by atoms with Gasteiger partial charge in [-0.3, -0.25) is 4.79 Å². The van der Waals surface area contributed by atoms with Gasteiger partial charge in [-0.2, -0.15) is 0 Å². The number of carbonyl (C=O) groups excluding carboxylic acids is 2. The molecule has 0 saturated carbocycles. The van der Waals surface area contributed by atoms with Gasteiger partial charge < -0.3 is 29.4 Å². The Balaban J connectivity index is 1.67. The van der Waals surface area contributed by atoms with E-state index in [4.69, 9.17) is 13.9 Å². The van der Waals surface area contributed by atoms with E-state index in [9.17, 15) is 14.4 Å². The Hall–Kier alpha value is -4.79. The van der Waals surface area contributed by atoms with Crippen molar-refractivity contribution in [2.75, 3.05) is 24.4 Å². The summed E-state index contributed by atoms with van der Waals surface area (Å²) in [7, 11) is 3.31. The first kappa shape index (κ1) is 27.3. The molecular weight excluding hydrogens is 498 g/mol. The molecular formula is C30H31N3O6. The van der Waals surface area contributed by atoms with Crippen LogP contribution in [0.25, 0.3) is 11.0 Å². The summed E-state index contributed by atoms with van der Waals surface area (Å²) < 4.78 is 16.2. The van der Waals surface area contributed by atoms with E-state index in [1.54, 1.807) is 69.3 Å². The molecule has 0 unspecified atom stereocenters. The van der Waals surface area contributed by atoms with Crippen LogP contribution in [0.4, 0.5) is 21.9 Å². The zero-order valence-corrected chi connectivity index (χ0v) is 22.5. The SMILES string of the molecule is COc1ccc(N(C)c2cc(=O)oc3ccccc23)cc1NC(=O)[C@@H](NC(=O)OC(C)(C)C)c1ccccc1. The van der Waals surface area contributed by atoms with Crippen LogP contribution in [0, 0.1) is 0 Å². The van der Waals surface area contributed by atoms with E-state index in [2.05, 4.69) is 10.6 Å². The fraction of sp³-hybridized carbons (Fsp3) is 0.233. The fourth-order valence-electron chi connectivity index (χ4n) is 4.09. The van der Waals surface area contributed by atoms with Crippen molar-refractivity contribution >= 4 is 40.0 Å². The lowest BCUT2D eigenvalue weighted by molar-refractivity contribution is -0.118. The summed E-state index contributed by atoms with van der Waals surface area (Å²) >= 11 is 0. The minimum atomic E-state index is -1.03. The molecule has 4 aromatic rings. The van der Waals surface area contributed by atoms with E-state index in [0.717, 1.165) is 5.39 Å². The van der Waals surface area contributed by atoms with Gasteiger partial charge in [0.2, 0.25) is 0 Å². The molecule has 0 fully saturated rings. The molecule has 0 radical (unpaired) electrons. The molecule has 1 atom stereocenters. The highest BCUT2D eigenvalue weighted by Gasteiger charge is 2.27. The molecule has 9 heteroatoms. The molecule has 0 spiro atoms. The van der Waals surface area contributed by atoms with Crippen molar-refractivity contribution in [3.63, 3.8) is 0 Å². The van der Waals surface area contributed by atoms with E-state index < -0.39 is 29.3 Å². The van der Waals surface area contributed by atoms with E-state index in [1.807, 2.05) is 36.2 Å². The lowest BCUT2D eigenvalue weighted by atomic mass is 10.1. The van der Waals surface area contributed by atoms with Crippen molar-refractivity contribution in [1.29, 1.82) is 0 Å². The normalized spacial score (nSPS) is 11.9. The quantitative estimate of drug-likeness (QED) is 0.292. The van der Waals surface area contributed by atoms with Gasteiger partial charge >= 0.3 is 11.7 Å². The van der Waals surface area contributed by atoms with Gasteiger partial charge in [-0.25, -0.2) is 9.59 Å². The van der Waals surface area contributed by atoms with Gasteiger partial charge in [-0.15, -0.1) is 0 Å². The number of hydrogen-bond acceptors (Lipinski definition) is 7. The lowest BCUT2D eigenvalue weighted by Gasteiger charge is -2.25. The van der Waals surface area contributed by atoms with Crippen LogP contribution in [0.1, 0.15) is 32.4 Å². The largest absolute Gasteiger partial charge is 0.495 e. The van der Waals surface area contributed by atoms with Crippen molar-refractivity contribution in [2.45, 2.75) is 32.4 Å². The summed E-state index contributed by atoms with van der Waals surface area (Å²) in [6, 6.07) is 21.8. The molecule has 0 aliphatic rings. The number of nitrogens with zero attached hydrogens (tertiary/aromatic N) is 1. The first-order chi connectivity index (χ1) is 18.6. The summed E-state index contributed by atoms with van der Waals surface area (Å²) in [6.07, 6.45) is -0.721. The highest BCUT2D eigenvalue weighted by atomic mass is 16.6. The van der Waals surface area contributed by atoms with Crippen LogP contribution in [-0.2, 0) is 9.53 Å². The van der Waals surface area contributed by atoms with Crippen molar-refractivity contribution in [3.05, 3.63) is 94.8 Å². The van der Waals surface area contributed by atoms with E-state index in [1.165, 1.54) is 13.2 Å². The van der Waals surface area contributed by atoms with Crippen molar-refractivity contribution < 1.29 is 23.5 Å². The monoisotopic (exact) mass is 529 g/mol. The highest BCUT2D eigenvalue weighted by molar-refractivity contribution is 5.99. The summed E-state index contributed by atoms with van der Waals surface area (Å²) in [6.45, 7) is 5.24. The molecule has 2 amide bonds. The average Bonchev–Trinajstić information content (AvgIpc) is 2.90. The molecule has 0 aliphatic carbocycles. The van der Waals surface area contributed by atoms with Crippen LogP contribution in [0.2, 0.25) is 0 Å². The zero-order valence-electron chi connectivity index (χ0n) is 22.5. The molecule has 2 N–H and O–H groups in total. The van der Waals surface area contributed by atoms with Crippen molar-refractivity contribution in [1.82, 2.24) is 5.32 Å². The molecule has 39 heavy (non-hydrogen) atoms. The predicted molar refractivity (Wildman–Crippen MR) is 151 cm³/mol. The number of anilines is 3. The number of para-hydroxylation sites is 1. The van der Waals surface area contributed by atoms with E-state index in [-0.39, 0.29) is 0 Å². The lowest BCUT2D eigenvalue weighted by Crippen LogP contribution is -2.40. The highest BCUT2D eigenvalue weighted by Crippen LogP contribution is 2.35. The number of benzene rings is 3. The Morgan fingerprint density at radius 3 is 2.33 bits per heavy atom. The Kier molecular flexibility index (Phi) is 7.90. The van der Waals surface area contributed by atoms with E-state index in [0.29, 0.717) is 34.0 Å². The molecule has 0 bridgehead atoms. The molecule has 3 aromatic carbocycles. The smallest absolute Gasteiger partial charge is 0.408 e. The Morgan fingerprint density at radius 1 is 0.949 bits per heavy atom. The zero-order chi connectivity index (χ0) is 28.2. The first-order valence-corrected chi connectivity index (χ1v) is 12.4. The van der Waals surface area contributed by atoms with E-state index >= 15 is 0 Å². The second-order valence-corrected chi connectivity index (χ2v) is 9.87. The number of rotatable bonds is 7. The topological polar surface area (TPSA) is 110 Å². The van der Waals surface area contributed by atoms with Crippen molar-refractivity contribution in [3.8, 4) is 5.75 Å². The third-order valence-electron chi connectivity index (χ3n) is 5.87. The molecule has 202 valence electrons. The Labute approximate surface area is 226 Å². The summed E-state index contributed by atoms with van der Waals surface area (Å²) in [5, 5.41) is 6.31. The third kappa shape index (κ3) is 6.56. The molecule has 0 aliphatic heterocycles. The van der Waals surface area contributed by atoms with Gasteiger partial charge in [0.25, 0.3) is 5.91 Å². The molecule has 0 saturated heterocycles. The number of amides is 2. The van der Waals surface area contributed by atoms with Gasteiger partial charge in [0.15, 0.2) is 0 Å². The molecule has 1 heterocycles. The Morgan fingerprint density at radius 2 is 1.64 bits per heavy atom. The second kappa shape index (κ2) is 11.3. The number of fused-ring (bicyclic) bond motifs is 1. The number of ether oxygens (including phenoxy) is 2. The van der Waals surface area contributed by atoms with Gasteiger partial charge in [-0.05, 0) is 56.7 Å². The number of methoxy groups -OCH3 is 1. The summed E-state index contributed by atoms with van der Waals surface area (Å²) in [5.74, 6) is -0.0713. The molecule has 9 nitrogen and oxygen atoms in total. The van der Waals surface area contributed by atoms with Gasteiger partial charge in [0.1, 0.15) is 23.0 Å². The van der Waals surface area contributed by atoms with Crippen LogP contribution in [0.15, 0.2) is 88.1 Å². The van der Waals surface area contributed by atoms with Crippen LogP contribution in [0.5, 0.6) is 5.75 Å². The van der Waals surface area contributed by atoms with Gasteiger partial charge in [0.05, 0.1) is 18.5 Å². The van der Waals surface area contributed by atoms with Gasteiger partial charge in [-0.1, -0.05) is 42.5 Å². The number of alkyl carbamates (subject to hydrolysis) is 1. The number of carbonyl (C=O) groups is 2. The number of nitrogens with one attached hydrogen (secondary N) is 2. The average molecular weight is 530 g/mol. The molecule has 1 aromatic heterocycles. The molecule has 4 rings (SSSR count). The third-order valence-corrected chi connectivity index (χ3v) is 5.87. The Bertz CT molecular complexity index is 1540. The fourth-order valence-corrected chi connectivity index (χ4v) is 4.09. The van der Waals surface area contributed by atoms with Crippen LogP contribution < -0.4 is 25.9 Å². The minimum Gasteiger partial charge on any atom is -0.495 e. The standard InChI is InChI=1S/C30H31N3O6/c1-30(2,3)39-29(36)32-27(19-11-7-6-8-12-19)28(35)31-22-17-20(15-16-25(22)37-5)33(4)23-18-26(34)38-24-14-10-9-13-21(23)24/h6-18,27H,1-5H3,(H,31,35)(H,32,36)/t27-/m0/s1. The summed E-state index contributed by atoms with van der Waals surface area (Å²) in [4.78, 5) is 40.2. The van der Waals surface area contributed by atoms with Crippen LogP contribution in [-0.4, -0.2) is 31.8 Å². The van der Waals surface area contributed by atoms with Crippen LogP contribution in [0.3, 0.4) is 0 Å². The van der Waals surface area contributed by atoms with Crippen molar-refractivity contribution in [2.24, 2.45) is 0 Å². The maximum atomic E-state index is 13.5. The maximum absolute atomic E-state index is 13.5. The van der Waals surface area contributed by atoms with Crippen LogP contribution >= 0.6 is 0 Å².